The van der Waals surface area contributed by atoms with Crippen LogP contribution in [0.4, 0.5) is 5.69 Å². The van der Waals surface area contributed by atoms with Crippen molar-refractivity contribution in [2.24, 2.45) is 0 Å². The van der Waals surface area contributed by atoms with Gasteiger partial charge < -0.3 is 9.64 Å². The van der Waals surface area contributed by atoms with Crippen LogP contribution in [0, 0.1) is 0 Å². The number of benzene rings is 2. The summed E-state index contributed by atoms with van der Waals surface area (Å²) in [5.74, 6) is -1.12. The molecule has 0 radical (unpaired) electrons. The van der Waals surface area contributed by atoms with Gasteiger partial charge >= 0.3 is 5.97 Å². The Morgan fingerprint density at radius 2 is 1.61 bits per heavy atom. The highest BCUT2D eigenvalue weighted by Crippen LogP contribution is 2.22. The second-order valence-electron chi connectivity index (χ2n) is 7.63. The van der Waals surface area contributed by atoms with E-state index in [2.05, 4.69) is 0 Å². The first kappa shape index (κ1) is 23.0. The number of sulfonamides is 1. The fraction of sp³-hybridized carbons (Fsp3) is 0.391. The van der Waals surface area contributed by atoms with Gasteiger partial charge in [-0.3, -0.25) is 4.79 Å². The Hall–Kier alpha value is -2.71. The van der Waals surface area contributed by atoms with E-state index in [4.69, 9.17) is 4.74 Å². The van der Waals surface area contributed by atoms with Crippen molar-refractivity contribution in [2.45, 2.75) is 43.6 Å². The average molecular weight is 445 g/mol. The van der Waals surface area contributed by atoms with Crippen molar-refractivity contribution in [2.75, 3.05) is 25.0 Å². The maximum atomic E-state index is 13.0. The Kier molecular flexibility index (Phi) is 7.46. The number of rotatable bonds is 6. The molecule has 1 fully saturated rings. The molecule has 31 heavy (non-hydrogen) atoms. The molecule has 1 atom stereocenters. The number of esters is 1. The first-order valence-corrected chi connectivity index (χ1v) is 11.9. The standard InChI is InChI=1S/C23H28N2O5S/c1-18(22(26)24(2)20-12-6-5-7-13-20)30-23(27)19-11-10-14-21(17-19)31(28,29)25-15-8-3-4-9-16-25/h5-7,10-14,17-18H,3-4,8-9,15-16H2,1-2H3/t18-/m0/s1. The predicted molar refractivity (Wildman–Crippen MR) is 118 cm³/mol. The van der Waals surface area contributed by atoms with Crippen LogP contribution in [0.3, 0.4) is 0 Å². The number of carbonyl (C=O) groups excluding carboxylic acids is 2. The maximum absolute atomic E-state index is 13.0. The minimum atomic E-state index is -3.69. The summed E-state index contributed by atoms with van der Waals surface area (Å²) in [5.41, 5.74) is 0.777. The van der Waals surface area contributed by atoms with Crippen molar-refractivity contribution >= 4 is 27.6 Å². The number of nitrogens with zero attached hydrogens (tertiary/aromatic N) is 2. The minimum absolute atomic E-state index is 0.0595. The number of carbonyl (C=O) groups is 2. The summed E-state index contributed by atoms with van der Waals surface area (Å²) in [6, 6.07) is 14.8. The third-order valence-electron chi connectivity index (χ3n) is 5.38. The molecule has 0 N–H and O–H groups in total. The Bertz CT molecular complexity index is 1020. The quantitative estimate of drug-likeness (QED) is 0.637. The molecule has 0 unspecified atom stereocenters. The Morgan fingerprint density at radius 1 is 0.968 bits per heavy atom. The number of hydrogen-bond donors (Lipinski definition) is 0. The van der Waals surface area contributed by atoms with Crippen LogP contribution in [-0.2, 0) is 19.6 Å². The number of likely N-dealkylation sites (N-methyl/N-ethyl adjacent to an activating group) is 1. The van der Waals surface area contributed by atoms with Crippen molar-refractivity contribution in [1.29, 1.82) is 0 Å². The Labute approximate surface area is 183 Å². The van der Waals surface area contributed by atoms with Crippen molar-refractivity contribution in [1.82, 2.24) is 4.31 Å². The topological polar surface area (TPSA) is 84.0 Å². The Balaban J connectivity index is 1.71. The van der Waals surface area contributed by atoms with E-state index >= 15 is 0 Å². The van der Waals surface area contributed by atoms with Crippen LogP contribution in [0.15, 0.2) is 59.5 Å². The SMILES string of the molecule is C[C@H](OC(=O)c1cccc(S(=O)(=O)N2CCCCCC2)c1)C(=O)N(C)c1ccccc1. The third-order valence-corrected chi connectivity index (χ3v) is 7.27. The third kappa shape index (κ3) is 5.51. The fourth-order valence-electron chi connectivity index (χ4n) is 3.55. The molecule has 1 saturated heterocycles. The van der Waals surface area contributed by atoms with Gasteiger partial charge in [0.15, 0.2) is 6.10 Å². The van der Waals surface area contributed by atoms with E-state index in [1.807, 2.05) is 18.2 Å². The van der Waals surface area contributed by atoms with E-state index in [-0.39, 0.29) is 16.4 Å². The highest BCUT2D eigenvalue weighted by atomic mass is 32.2. The molecular formula is C23H28N2O5S. The van der Waals surface area contributed by atoms with Crippen molar-refractivity contribution in [3.8, 4) is 0 Å². The van der Waals surface area contributed by atoms with Gasteiger partial charge in [0.05, 0.1) is 10.5 Å². The van der Waals surface area contributed by atoms with E-state index < -0.39 is 22.1 Å². The molecule has 1 heterocycles. The molecular weight excluding hydrogens is 416 g/mol. The van der Waals surface area contributed by atoms with Gasteiger partial charge in [-0.15, -0.1) is 0 Å². The summed E-state index contributed by atoms with van der Waals surface area (Å²) in [5, 5.41) is 0. The lowest BCUT2D eigenvalue weighted by molar-refractivity contribution is -0.126. The van der Waals surface area contributed by atoms with E-state index in [9.17, 15) is 18.0 Å². The number of para-hydroxylation sites is 1. The summed E-state index contributed by atoms with van der Waals surface area (Å²) < 4.78 is 32.8. The lowest BCUT2D eigenvalue weighted by Gasteiger charge is -2.22. The number of ether oxygens (including phenoxy) is 1. The molecule has 7 nitrogen and oxygen atoms in total. The summed E-state index contributed by atoms with van der Waals surface area (Å²) >= 11 is 0. The van der Waals surface area contributed by atoms with Crippen LogP contribution >= 0.6 is 0 Å². The maximum Gasteiger partial charge on any atom is 0.338 e. The highest BCUT2D eigenvalue weighted by molar-refractivity contribution is 7.89. The molecule has 1 amide bonds. The molecule has 1 aliphatic rings. The summed E-state index contributed by atoms with van der Waals surface area (Å²) in [6.45, 7) is 2.46. The largest absolute Gasteiger partial charge is 0.449 e. The lowest BCUT2D eigenvalue weighted by atomic mass is 10.2. The molecule has 2 aromatic carbocycles. The van der Waals surface area contributed by atoms with Gasteiger partial charge in [0.25, 0.3) is 5.91 Å². The normalized spacial score (nSPS) is 16.2. The minimum Gasteiger partial charge on any atom is -0.449 e. The summed E-state index contributed by atoms with van der Waals surface area (Å²) in [6.07, 6.45) is 2.66. The van der Waals surface area contributed by atoms with Gasteiger partial charge in [-0.1, -0.05) is 37.1 Å². The molecule has 8 heteroatoms. The smallest absolute Gasteiger partial charge is 0.338 e. The Morgan fingerprint density at radius 3 is 2.26 bits per heavy atom. The van der Waals surface area contributed by atoms with Crippen molar-refractivity contribution < 1.29 is 22.7 Å². The zero-order valence-electron chi connectivity index (χ0n) is 17.9. The van der Waals surface area contributed by atoms with Crippen LogP contribution in [0.1, 0.15) is 43.0 Å². The lowest BCUT2D eigenvalue weighted by Crippen LogP contribution is -2.37. The highest BCUT2D eigenvalue weighted by Gasteiger charge is 2.27. The van der Waals surface area contributed by atoms with Crippen LogP contribution in [-0.4, -0.2) is 50.8 Å². The van der Waals surface area contributed by atoms with Gasteiger partial charge in [-0.25, -0.2) is 13.2 Å². The first-order chi connectivity index (χ1) is 14.8. The molecule has 2 aromatic rings. The van der Waals surface area contributed by atoms with Crippen LogP contribution in [0.2, 0.25) is 0 Å². The number of anilines is 1. The molecule has 0 saturated carbocycles. The van der Waals surface area contributed by atoms with Gasteiger partial charge in [0, 0.05) is 25.8 Å². The molecule has 1 aliphatic heterocycles. The van der Waals surface area contributed by atoms with Gasteiger partial charge in [0.2, 0.25) is 10.0 Å². The van der Waals surface area contributed by atoms with Gasteiger partial charge in [-0.2, -0.15) is 4.31 Å². The zero-order valence-corrected chi connectivity index (χ0v) is 18.7. The monoisotopic (exact) mass is 444 g/mol. The van der Waals surface area contributed by atoms with Gasteiger partial charge in [0.1, 0.15) is 0 Å². The van der Waals surface area contributed by atoms with Gasteiger partial charge in [-0.05, 0) is 50.1 Å². The van der Waals surface area contributed by atoms with Crippen LogP contribution < -0.4 is 4.90 Å². The molecule has 0 aliphatic carbocycles. The van der Waals surface area contributed by atoms with E-state index in [1.165, 1.54) is 40.4 Å². The molecule has 0 spiro atoms. The van der Waals surface area contributed by atoms with Crippen molar-refractivity contribution in [3.05, 3.63) is 60.2 Å². The van der Waals surface area contributed by atoms with E-state index in [0.29, 0.717) is 18.8 Å². The fourth-order valence-corrected chi connectivity index (χ4v) is 5.11. The van der Waals surface area contributed by atoms with E-state index in [1.54, 1.807) is 19.2 Å². The van der Waals surface area contributed by atoms with Crippen LogP contribution in [0.5, 0.6) is 0 Å². The number of amides is 1. The molecule has 0 aromatic heterocycles. The second kappa shape index (κ2) is 10.1. The average Bonchev–Trinajstić information content (AvgIpc) is 3.09. The first-order valence-electron chi connectivity index (χ1n) is 10.4. The second-order valence-corrected chi connectivity index (χ2v) is 9.56. The summed E-state index contributed by atoms with van der Waals surface area (Å²) in [7, 11) is -2.08. The summed E-state index contributed by atoms with van der Waals surface area (Å²) in [4.78, 5) is 26.7. The van der Waals surface area contributed by atoms with Crippen LogP contribution in [0.25, 0.3) is 0 Å². The van der Waals surface area contributed by atoms with E-state index in [0.717, 1.165) is 25.7 Å². The predicted octanol–water partition coefficient (Wildman–Crippen LogP) is 3.46. The molecule has 166 valence electrons. The molecule has 0 bridgehead atoms. The molecule has 3 rings (SSSR count). The van der Waals surface area contributed by atoms with Crippen molar-refractivity contribution in [3.63, 3.8) is 0 Å². The number of hydrogen-bond acceptors (Lipinski definition) is 5. The zero-order chi connectivity index (χ0) is 22.4.